The van der Waals surface area contributed by atoms with E-state index in [1.165, 1.54) is 6.07 Å². The van der Waals surface area contributed by atoms with Crippen LogP contribution in [0.1, 0.15) is 13.8 Å². The molecule has 0 atom stereocenters. The van der Waals surface area contributed by atoms with Gasteiger partial charge in [-0.15, -0.1) is 6.58 Å². The van der Waals surface area contributed by atoms with Crippen LogP contribution in [0, 0.1) is 5.82 Å². The normalized spacial score (nSPS) is 10.5. The van der Waals surface area contributed by atoms with Crippen LogP contribution in [-0.4, -0.2) is 17.6 Å². The van der Waals surface area contributed by atoms with Crippen LogP contribution in [0.15, 0.2) is 29.4 Å². The Morgan fingerprint density at radius 3 is 2.80 bits per heavy atom. The summed E-state index contributed by atoms with van der Waals surface area (Å²) in [4.78, 5) is 5.93. The Morgan fingerprint density at radius 1 is 1.67 bits per heavy atom. The Kier molecular flexibility index (Phi) is 4.27. The lowest BCUT2D eigenvalue weighted by molar-refractivity contribution is 0.598. The molecule has 0 N–H and O–H groups in total. The molecule has 0 saturated heterocycles. The molecule has 4 heteroatoms. The fraction of sp³-hybridized carbons (Fsp3) is 0.364. The van der Waals surface area contributed by atoms with Crippen molar-refractivity contribution in [1.29, 1.82) is 0 Å². The van der Waals surface area contributed by atoms with Crippen molar-refractivity contribution in [1.82, 2.24) is 4.98 Å². The predicted octanol–water partition coefficient (Wildman–Crippen LogP) is 3.38. The number of anilines is 1. The molecule has 0 unspecified atom stereocenters. The van der Waals surface area contributed by atoms with E-state index in [1.54, 1.807) is 12.3 Å². The number of nitrogens with zero attached hydrogens (tertiary/aromatic N) is 2. The van der Waals surface area contributed by atoms with Gasteiger partial charge in [0.05, 0.1) is 0 Å². The average Bonchev–Trinajstić information content (AvgIpc) is 2.15. The van der Waals surface area contributed by atoms with Gasteiger partial charge in [0.15, 0.2) is 11.6 Å². The minimum atomic E-state index is -0.320. The molecular weight excluding hydrogens is 259 g/mol. The van der Waals surface area contributed by atoms with Crippen LogP contribution in [0.25, 0.3) is 0 Å². The molecule has 0 aliphatic heterocycles. The van der Waals surface area contributed by atoms with E-state index in [0.29, 0.717) is 16.8 Å². The maximum absolute atomic E-state index is 13.6. The number of rotatable bonds is 4. The zero-order chi connectivity index (χ0) is 11.4. The van der Waals surface area contributed by atoms with Gasteiger partial charge in [-0.05, 0) is 35.8 Å². The van der Waals surface area contributed by atoms with Gasteiger partial charge in [0.2, 0.25) is 0 Å². The van der Waals surface area contributed by atoms with Gasteiger partial charge in [0.1, 0.15) is 0 Å². The Labute approximate surface area is 97.9 Å². The lowest BCUT2D eigenvalue weighted by Crippen LogP contribution is -2.32. The van der Waals surface area contributed by atoms with E-state index in [9.17, 15) is 4.39 Å². The molecular formula is C11H14BrFN2. The van der Waals surface area contributed by atoms with Crippen LogP contribution in [0.3, 0.4) is 0 Å². The first kappa shape index (κ1) is 12.2. The van der Waals surface area contributed by atoms with Gasteiger partial charge in [0, 0.05) is 23.3 Å². The van der Waals surface area contributed by atoms with Crippen molar-refractivity contribution in [2.75, 3.05) is 11.4 Å². The molecule has 1 rings (SSSR count). The number of aromatic nitrogens is 1. The minimum Gasteiger partial charge on any atom is -0.348 e. The second kappa shape index (κ2) is 5.26. The molecule has 1 aromatic heterocycles. The molecule has 15 heavy (non-hydrogen) atoms. The van der Waals surface area contributed by atoms with Crippen molar-refractivity contribution in [3.05, 3.63) is 35.2 Å². The summed E-state index contributed by atoms with van der Waals surface area (Å²) in [7, 11) is 0. The third-order valence-corrected chi connectivity index (χ3v) is 2.44. The van der Waals surface area contributed by atoms with Crippen molar-refractivity contribution in [2.24, 2.45) is 0 Å². The Hall–Kier alpha value is -0.900. The summed E-state index contributed by atoms with van der Waals surface area (Å²) in [5.74, 6) is 0.0491. The summed E-state index contributed by atoms with van der Waals surface area (Å²) >= 11 is 3.18. The molecule has 0 saturated carbocycles. The molecule has 1 aromatic rings. The van der Waals surface area contributed by atoms with Gasteiger partial charge in [-0.2, -0.15) is 0 Å². The summed E-state index contributed by atoms with van der Waals surface area (Å²) in [5.41, 5.74) is 0. The van der Waals surface area contributed by atoms with Crippen LogP contribution < -0.4 is 4.90 Å². The summed E-state index contributed by atoms with van der Waals surface area (Å²) in [6.45, 7) is 8.23. The smallest absolute Gasteiger partial charge is 0.166 e. The second-order valence-corrected chi connectivity index (χ2v) is 4.41. The predicted molar refractivity (Wildman–Crippen MR) is 64.6 cm³/mol. The van der Waals surface area contributed by atoms with Crippen LogP contribution in [-0.2, 0) is 0 Å². The van der Waals surface area contributed by atoms with E-state index >= 15 is 0 Å². The molecule has 0 amide bonds. The van der Waals surface area contributed by atoms with E-state index in [2.05, 4.69) is 27.5 Å². The summed E-state index contributed by atoms with van der Waals surface area (Å²) in [6.07, 6.45) is 3.33. The molecule has 0 fully saturated rings. The Balaban J connectivity index is 3.05. The molecule has 0 bridgehead atoms. The first-order valence-corrected chi connectivity index (χ1v) is 5.54. The van der Waals surface area contributed by atoms with Gasteiger partial charge in [-0.3, -0.25) is 0 Å². The molecule has 0 aromatic carbocycles. The Bertz CT molecular complexity index is 352. The van der Waals surface area contributed by atoms with E-state index in [-0.39, 0.29) is 11.9 Å². The van der Waals surface area contributed by atoms with E-state index < -0.39 is 0 Å². The standard InChI is InChI=1S/C11H14BrFN2/c1-4-5-15(8(2)3)11-10(13)6-9(12)7-14-11/h4,6-8H,1,5H2,2-3H3. The molecule has 0 radical (unpaired) electrons. The highest BCUT2D eigenvalue weighted by atomic mass is 79.9. The zero-order valence-corrected chi connectivity index (χ0v) is 10.5. The van der Waals surface area contributed by atoms with Gasteiger partial charge in [-0.25, -0.2) is 9.37 Å². The number of hydrogen-bond acceptors (Lipinski definition) is 2. The summed E-state index contributed by atoms with van der Waals surface area (Å²) in [5, 5.41) is 0. The van der Waals surface area contributed by atoms with Crippen LogP contribution in [0.4, 0.5) is 10.2 Å². The first-order valence-electron chi connectivity index (χ1n) is 4.75. The van der Waals surface area contributed by atoms with Gasteiger partial charge in [-0.1, -0.05) is 6.08 Å². The summed E-state index contributed by atoms with van der Waals surface area (Å²) in [6, 6.07) is 1.60. The quantitative estimate of drug-likeness (QED) is 0.782. The number of pyridine rings is 1. The topological polar surface area (TPSA) is 16.1 Å². The SMILES string of the molecule is C=CCN(c1ncc(Br)cc1F)C(C)C. The third kappa shape index (κ3) is 3.02. The highest BCUT2D eigenvalue weighted by Gasteiger charge is 2.14. The second-order valence-electron chi connectivity index (χ2n) is 3.49. The first-order chi connectivity index (χ1) is 7.06. The largest absolute Gasteiger partial charge is 0.348 e. The van der Waals surface area contributed by atoms with Crippen molar-refractivity contribution < 1.29 is 4.39 Å². The average molecular weight is 273 g/mol. The molecule has 0 spiro atoms. The van der Waals surface area contributed by atoms with Crippen molar-refractivity contribution in [2.45, 2.75) is 19.9 Å². The van der Waals surface area contributed by atoms with Crippen LogP contribution in [0.2, 0.25) is 0 Å². The molecule has 82 valence electrons. The fourth-order valence-corrected chi connectivity index (χ4v) is 1.60. The van der Waals surface area contributed by atoms with Crippen LogP contribution in [0.5, 0.6) is 0 Å². The highest BCUT2D eigenvalue weighted by Crippen LogP contribution is 2.21. The van der Waals surface area contributed by atoms with E-state index in [1.807, 2.05) is 18.7 Å². The number of hydrogen-bond donors (Lipinski definition) is 0. The van der Waals surface area contributed by atoms with E-state index in [0.717, 1.165) is 0 Å². The maximum Gasteiger partial charge on any atom is 0.166 e. The zero-order valence-electron chi connectivity index (χ0n) is 8.87. The molecule has 2 nitrogen and oxygen atoms in total. The monoisotopic (exact) mass is 272 g/mol. The number of halogens is 2. The van der Waals surface area contributed by atoms with Gasteiger partial charge in [0.25, 0.3) is 0 Å². The fourth-order valence-electron chi connectivity index (χ4n) is 1.30. The van der Waals surface area contributed by atoms with Gasteiger partial charge < -0.3 is 4.90 Å². The maximum atomic E-state index is 13.6. The minimum absolute atomic E-state index is 0.186. The Morgan fingerprint density at radius 2 is 2.33 bits per heavy atom. The molecule has 0 aliphatic rings. The van der Waals surface area contributed by atoms with Crippen molar-refractivity contribution in [3.8, 4) is 0 Å². The van der Waals surface area contributed by atoms with E-state index in [4.69, 9.17) is 0 Å². The van der Waals surface area contributed by atoms with Gasteiger partial charge >= 0.3 is 0 Å². The van der Waals surface area contributed by atoms with Crippen LogP contribution >= 0.6 is 15.9 Å². The highest BCUT2D eigenvalue weighted by molar-refractivity contribution is 9.10. The lowest BCUT2D eigenvalue weighted by atomic mass is 10.3. The molecule has 0 aliphatic carbocycles. The van der Waals surface area contributed by atoms with Crippen molar-refractivity contribution >= 4 is 21.7 Å². The van der Waals surface area contributed by atoms with Crippen molar-refractivity contribution in [3.63, 3.8) is 0 Å². The molecule has 1 heterocycles. The summed E-state index contributed by atoms with van der Waals surface area (Å²) < 4.78 is 14.3. The third-order valence-electron chi connectivity index (χ3n) is 2.01. The lowest BCUT2D eigenvalue weighted by Gasteiger charge is -2.26.